The van der Waals surface area contributed by atoms with Crippen LogP contribution in [0, 0.1) is 0 Å². The first-order chi connectivity index (χ1) is 12.0. The number of hydrogen-bond acceptors (Lipinski definition) is 5. The van der Waals surface area contributed by atoms with Gasteiger partial charge in [-0.05, 0) is 37.1 Å². The highest BCUT2D eigenvalue weighted by Crippen LogP contribution is 2.20. The minimum absolute atomic E-state index is 0.0462. The van der Waals surface area contributed by atoms with E-state index in [1.54, 1.807) is 29.2 Å². The number of nitrogens with zero attached hydrogens (tertiary/aromatic N) is 2. The second-order valence-corrected chi connectivity index (χ2v) is 6.01. The van der Waals surface area contributed by atoms with Gasteiger partial charge in [-0.3, -0.25) is 14.5 Å². The molecule has 0 bridgehead atoms. The summed E-state index contributed by atoms with van der Waals surface area (Å²) in [6.07, 6.45) is 1.12. The van der Waals surface area contributed by atoms with Crippen molar-refractivity contribution in [2.24, 2.45) is 0 Å². The number of urea groups is 1. The molecule has 25 heavy (non-hydrogen) atoms. The number of likely N-dealkylation sites (tertiary alicyclic amines) is 1. The molecule has 132 valence electrons. The van der Waals surface area contributed by atoms with Crippen LogP contribution in [0.3, 0.4) is 0 Å². The summed E-state index contributed by atoms with van der Waals surface area (Å²) in [6.45, 7) is 0.989. The average molecular weight is 345 g/mol. The lowest BCUT2D eigenvalue weighted by molar-refractivity contribution is -0.127. The maximum Gasteiger partial charge on any atom is 0.337 e. The number of piperidine rings is 1. The number of rotatable bonds is 3. The van der Waals surface area contributed by atoms with E-state index in [9.17, 15) is 19.2 Å². The van der Waals surface area contributed by atoms with E-state index in [2.05, 4.69) is 10.1 Å². The summed E-state index contributed by atoms with van der Waals surface area (Å²) in [5.74, 6) is -0.798. The quantitative estimate of drug-likeness (QED) is 0.640. The van der Waals surface area contributed by atoms with Crippen LogP contribution in [0.4, 0.5) is 4.79 Å². The van der Waals surface area contributed by atoms with Crippen LogP contribution in [0.2, 0.25) is 0 Å². The van der Waals surface area contributed by atoms with Gasteiger partial charge in [-0.1, -0.05) is 0 Å². The van der Waals surface area contributed by atoms with Gasteiger partial charge >= 0.3 is 12.0 Å². The molecule has 0 radical (unpaired) electrons. The SMILES string of the molecule is COC(=O)c1ccc(C(=O)N2CCC(N3C(=O)CNC3=O)CC2)cc1. The van der Waals surface area contributed by atoms with Gasteiger partial charge in [0.15, 0.2) is 0 Å². The van der Waals surface area contributed by atoms with Gasteiger partial charge in [0.1, 0.15) is 0 Å². The number of hydrogen-bond donors (Lipinski definition) is 1. The normalized spacial score (nSPS) is 18.3. The number of methoxy groups -OCH3 is 1. The van der Waals surface area contributed by atoms with Gasteiger partial charge in [-0.25, -0.2) is 9.59 Å². The number of esters is 1. The Kier molecular flexibility index (Phi) is 4.69. The third-order valence-corrected chi connectivity index (χ3v) is 4.55. The van der Waals surface area contributed by atoms with Crippen molar-refractivity contribution in [2.75, 3.05) is 26.7 Å². The van der Waals surface area contributed by atoms with E-state index in [4.69, 9.17) is 0 Å². The number of ether oxygens (including phenoxy) is 1. The van der Waals surface area contributed by atoms with E-state index in [0.717, 1.165) is 0 Å². The van der Waals surface area contributed by atoms with Crippen molar-refractivity contribution in [3.8, 4) is 0 Å². The molecule has 0 unspecified atom stereocenters. The molecule has 1 aromatic carbocycles. The number of imide groups is 1. The zero-order chi connectivity index (χ0) is 18.0. The summed E-state index contributed by atoms with van der Waals surface area (Å²) >= 11 is 0. The number of benzene rings is 1. The molecule has 8 nitrogen and oxygen atoms in total. The van der Waals surface area contributed by atoms with Crippen LogP contribution < -0.4 is 5.32 Å². The Morgan fingerprint density at radius 1 is 1.08 bits per heavy atom. The minimum atomic E-state index is -0.451. The van der Waals surface area contributed by atoms with Gasteiger partial charge in [0.05, 0.1) is 19.2 Å². The van der Waals surface area contributed by atoms with E-state index >= 15 is 0 Å². The van der Waals surface area contributed by atoms with Crippen LogP contribution in [0.15, 0.2) is 24.3 Å². The molecule has 0 aliphatic carbocycles. The summed E-state index contributed by atoms with van der Waals surface area (Å²) in [5.41, 5.74) is 0.873. The Balaban J connectivity index is 1.61. The summed E-state index contributed by atoms with van der Waals surface area (Å²) in [5, 5.41) is 2.51. The smallest absolute Gasteiger partial charge is 0.337 e. The Morgan fingerprint density at radius 2 is 1.68 bits per heavy atom. The highest BCUT2D eigenvalue weighted by molar-refractivity contribution is 6.02. The Labute approximate surface area is 144 Å². The maximum atomic E-state index is 12.6. The van der Waals surface area contributed by atoms with Crippen LogP contribution in [0.25, 0.3) is 0 Å². The Morgan fingerprint density at radius 3 is 2.20 bits per heavy atom. The molecule has 2 fully saturated rings. The number of carbonyl (C=O) groups excluding carboxylic acids is 4. The molecule has 0 spiro atoms. The highest BCUT2D eigenvalue weighted by Gasteiger charge is 2.37. The predicted molar refractivity (Wildman–Crippen MR) is 87.0 cm³/mol. The van der Waals surface area contributed by atoms with Gasteiger partial charge in [0.2, 0.25) is 5.91 Å². The molecule has 8 heteroatoms. The van der Waals surface area contributed by atoms with Crippen molar-refractivity contribution in [3.05, 3.63) is 35.4 Å². The van der Waals surface area contributed by atoms with Crippen molar-refractivity contribution >= 4 is 23.8 Å². The van der Waals surface area contributed by atoms with Crippen LogP contribution in [-0.2, 0) is 9.53 Å². The molecule has 1 N–H and O–H groups in total. The minimum Gasteiger partial charge on any atom is -0.465 e. The van der Waals surface area contributed by atoms with Gasteiger partial charge in [0, 0.05) is 24.7 Å². The summed E-state index contributed by atoms with van der Waals surface area (Å²) < 4.78 is 4.63. The van der Waals surface area contributed by atoms with Crippen LogP contribution >= 0.6 is 0 Å². The monoisotopic (exact) mass is 345 g/mol. The lowest BCUT2D eigenvalue weighted by Gasteiger charge is -2.35. The van der Waals surface area contributed by atoms with Crippen molar-refractivity contribution in [1.82, 2.24) is 15.1 Å². The largest absolute Gasteiger partial charge is 0.465 e. The van der Waals surface area contributed by atoms with E-state index in [1.165, 1.54) is 12.0 Å². The number of amides is 4. The van der Waals surface area contributed by atoms with Crippen LogP contribution in [-0.4, -0.2) is 66.4 Å². The summed E-state index contributed by atoms with van der Waals surface area (Å²) in [7, 11) is 1.30. The zero-order valence-electron chi connectivity index (χ0n) is 13.9. The average Bonchev–Trinajstić information content (AvgIpc) is 2.99. The van der Waals surface area contributed by atoms with Crippen molar-refractivity contribution in [3.63, 3.8) is 0 Å². The van der Waals surface area contributed by atoms with Gasteiger partial charge < -0.3 is 15.0 Å². The van der Waals surface area contributed by atoms with Gasteiger partial charge in [-0.15, -0.1) is 0 Å². The van der Waals surface area contributed by atoms with E-state index < -0.39 is 5.97 Å². The second kappa shape index (κ2) is 6.92. The fraction of sp³-hybridized carbons (Fsp3) is 0.412. The first kappa shape index (κ1) is 16.9. The summed E-state index contributed by atoms with van der Waals surface area (Å²) in [6, 6.07) is 5.78. The molecule has 2 heterocycles. The standard InChI is InChI=1S/C17H19N3O5/c1-25-16(23)12-4-2-11(3-5-12)15(22)19-8-6-13(7-9-19)20-14(21)10-18-17(20)24/h2-5,13H,6-10H2,1H3,(H,18,24). The second-order valence-electron chi connectivity index (χ2n) is 6.01. The maximum absolute atomic E-state index is 12.6. The first-order valence-electron chi connectivity index (χ1n) is 8.09. The molecule has 2 saturated heterocycles. The van der Waals surface area contributed by atoms with Crippen LogP contribution in [0.5, 0.6) is 0 Å². The predicted octanol–water partition coefficient (Wildman–Crippen LogP) is 0.630. The van der Waals surface area contributed by atoms with Gasteiger partial charge in [0.25, 0.3) is 5.91 Å². The van der Waals surface area contributed by atoms with E-state index in [0.29, 0.717) is 37.1 Å². The van der Waals surface area contributed by atoms with Gasteiger partial charge in [-0.2, -0.15) is 0 Å². The molecule has 3 rings (SSSR count). The Bertz CT molecular complexity index is 691. The molecular weight excluding hydrogens is 326 g/mol. The molecule has 0 atom stereocenters. The highest BCUT2D eigenvalue weighted by atomic mass is 16.5. The first-order valence-corrected chi connectivity index (χ1v) is 8.09. The molecule has 4 amide bonds. The lowest BCUT2D eigenvalue weighted by atomic mass is 10.0. The molecule has 2 aliphatic rings. The molecule has 0 saturated carbocycles. The third-order valence-electron chi connectivity index (χ3n) is 4.55. The van der Waals surface area contributed by atoms with Crippen molar-refractivity contribution in [1.29, 1.82) is 0 Å². The molecule has 1 aromatic rings. The number of nitrogens with one attached hydrogen (secondary N) is 1. The fourth-order valence-electron chi connectivity index (χ4n) is 3.18. The molecule has 2 aliphatic heterocycles. The zero-order valence-corrected chi connectivity index (χ0v) is 13.9. The molecular formula is C17H19N3O5. The third kappa shape index (κ3) is 3.33. The number of carbonyl (C=O) groups is 4. The van der Waals surface area contributed by atoms with E-state index in [1.807, 2.05) is 0 Å². The lowest BCUT2D eigenvalue weighted by Crippen LogP contribution is -2.49. The van der Waals surface area contributed by atoms with E-state index in [-0.39, 0.29) is 30.4 Å². The molecule has 0 aromatic heterocycles. The fourth-order valence-corrected chi connectivity index (χ4v) is 3.18. The van der Waals surface area contributed by atoms with Crippen LogP contribution in [0.1, 0.15) is 33.6 Å². The topological polar surface area (TPSA) is 96.0 Å². The summed E-state index contributed by atoms with van der Waals surface area (Å²) in [4.78, 5) is 50.4. The Hall–Kier alpha value is -2.90. The van der Waals surface area contributed by atoms with Crippen molar-refractivity contribution < 1.29 is 23.9 Å². The van der Waals surface area contributed by atoms with Crippen molar-refractivity contribution in [2.45, 2.75) is 18.9 Å².